The maximum absolute atomic E-state index is 12.3. The summed E-state index contributed by atoms with van der Waals surface area (Å²) in [5.41, 5.74) is 0.470. The number of allylic oxidation sites excluding steroid dienone is 1. The molecular formula is C27H45NO3. The number of hydrogen-bond acceptors (Lipinski definition) is 4. The van der Waals surface area contributed by atoms with Crippen LogP contribution in [0.2, 0.25) is 0 Å². The van der Waals surface area contributed by atoms with Gasteiger partial charge in [0.2, 0.25) is 0 Å². The van der Waals surface area contributed by atoms with Crippen molar-refractivity contribution in [3.8, 4) is 0 Å². The van der Waals surface area contributed by atoms with E-state index >= 15 is 0 Å². The summed E-state index contributed by atoms with van der Waals surface area (Å²) < 4.78 is 0. The van der Waals surface area contributed by atoms with Crippen LogP contribution in [0, 0.1) is 40.4 Å². The number of nitrogens with one attached hydrogen (secondary N) is 1. The molecule has 1 saturated heterocycles. The number of piperidine rings is 1. The second-order valence-corrected chi connectivity index (χ2v) is 12.7. The molecule has 0 bridgehead atoms. The van der Waals surface area contributed by atoms with E-state index in [0.29, 0.717) is 23.8 Å². The van der Waals surface area contributed by atoms with Gasteiger partial charge in [0.1, 0.15) is 0 Å². The first-order valence-electron chi connectivity index (χ1n) is 13.1. The zero-order valence-electron chi connectivity index (χ0n) is 20.1. The topological polar surface area (TPSA) is 72.7 Å². The van der Waals surface area contributed by atoms with Gasteiger partial charge in [-0.1, -0.05) is 39.3 Å². The first-order chi connectivity index (χ1) is 14.6. The summed E-state index contributed by atoms with van der Waals surface area (Å²) in [6.07, 6.45) is 10.3. The summed E-state index contributed by atoms with van der Waals surface area (Å²) >= 11 is 0. The van der Waals surface area contributed by atoms with Crippen LogP contribution in [0.5, 0.6) is 0 Å². The molecule has 0 amide bonds. The van der Waals surface area contributed by atoms with Crippen LogP contribution in [0.4, 0.5) is 0 Å². The number of aliphatic hydroxyl groups is 3. The van der Waals surface area contributed by atoms with Crippen LogP contribution in [-0.4, -0.2) is 45.7 Å². The molecule has 5 aliphatic rings. The summed E-state index contributed by atoms with van der Waals surface area (Å²) in [7, 11) is 0. The van der Waals surface area contributed by atoms with E-state index in [2.05, 4.69) is 39.1 Å². The van der Waals surface area contributed by atoms with Gasteiger partial charge in [-0.25, -0.2) is 0 Å². The van der Waals surface area contributed by atoms with E-state index in [9.17, 15) is 15.3 Å². The van der Waals surface area contributed by atoms with Crippen molar-refractivity contribution in [3.05, 3.63) is 11.6 Å². The van der Waals surface area contributed by atoms with Gasteiger partial charge in [0.05, 0.1) is 17.8 Å². The van der Waals surface area contributed by atoms with Gasteiger partial charge >= 0.3 is 0 Å². The zero-order valence-corrected chi connectivity index (χ0v) is 20.1. The minimum atomic E-state index is -0.697. The van der Waals surface area contributed by atoms with Gasteiger partial charge < -0.3 is 20.6 Å². The molecule has 0 spiro atoms. The first-order valence-corrected chi connectivity index (χ1v) is 13.1. The Labute approximate surface area is 188 Å². The van der Waals surface area contributed by atoms with E-state index in [4.69, 9.17) is 0 Å². The van der Waals surface area contributed by atoms with Gasteiger partial charge in [-0.15, -0.1) is 0 Å². The van der Waals surface area contributed by atoms with Gasteiger partial charge in [-0.3, -0.25) is 0 Å². The van der Waals surface area contributed by atoms with Crippen LogP contribution >= 0.6 is 0 Å². The predicted octanol–water partition coefficient (Wildman–Crippen LogP) is 4.04. The van der Waals surface area contributed by atoms with Crippen molar-refractivity contribution in [2.45, 2.75) is 109 Å². The average molecular weight is 432 g/mol. The number of hydrogen-bond donors (Lipinski definition) is 4. The number of rotatable bonds is 2. The summed E-state index contributed by atoms with van der Waals surface area (Å²) in [4.78, 5) is 0. The van der Waals surface area contributed by atoms with Gasteiger partial charge in [-0.05, 0) is 99.3 Å². The predicted molar refractivity (Wildman–Crippen MR) is 123 cm³/mol. The number of fused-ring (bicyclic) bond motifs is 5. The Morgan fingerprint density at radius 1 is 1.06 bits per heavy atom. The average Bonchev–Trinajstić information content (AvgIpc) is 2.99. The van der Waals surface area contributed by atoms with Crippen molar-refractivity contribution >= 4 is 0 Å². The van der Waals surface area contributed by atoms with Gasteiger partial charge in [0.25, 0.3) is 0 Å². The molecule has 4 fully saturated rings. The lowest BCUT2D eigenvalue weighted by Crippen LogP contribution is -2.63. The molecule has 4 heteroatoms. The molecule has 4 aliphatic carbocycles. The Kier molecular flexibility index (Phi) is 5.45. The lowest BCUT2D eigenvalue weighted by atomic mass is 9.44. The molecule has 3 saturated carbocycles. The molecule has 31 heavy (non-hydrogen) atoms. The summed E-state index contributed by atoms with van der Waals surface area (Å²) in [5.74, 6) is 2.11. The van der Waals surface area contributed by atoms with E-state index < -0.39 is 5.60 Å². The zero-order chi connectivity index (χ0) is 22.2. The Hall–Kier alpha value is -0.420. The molecule has 1 aliphatic heterocycles. The van der Waals surface area contributed by atoms with Crippen molar-refractivity contribution in [1.29, 1.82) is 0 Å². The molecule has 4 N–H and O–H groups in total. The summed E-state index contributed by atoms with van der Waals surface area (Å²) in [5, 5.41) is 37.7. The van der Waals surface area contributed by atoms with Gasteiger partial charge in [0.15, 0.2) is 0 Å². The first kappa shape index (κ1) is 22.4. The van der Waals surface area contributed by atoms with Gasteiger partial charge in [0, 0.05) is 11.5 Å². The fourth-order valence-electron chi connectivity index (χ4n) is 9.30. The Bertz CT molecular complexity index is 730. The van der Waals surface area contributed by atoms with Crippen molar-refractivity contribution in [3.63, 3.8) is 0 Å². The smallest absolute Gasteiger partial charge is 0.0772 e. The fourth-order valence-corrected chi connectivity index (χ4v) is 9.30. The molecule has 4 nitrogen and oxygen atoms in total. The molecule has 0 radical (unpaired) electrons. The second-order valence-electron chi connectivity index (χ2n) is 12.7. The van der Waals surface area contributed by atoms with Crippen LogP contribution in [0.15, 0.2) is 11.6 Å². The highest BCUT2D eigenvalue weighted by atomic mass is 16.3. The van der Waals surface area contributed by atoms with Crippen LogP contribution < -0.4 is 5.32 Å². The molecule has 1 heterocycles. The lowest BCUT2D eigenvalue weighted by molar-refractivity contribution is -0.190. The second kappa shape index (κ2) is 7.55. The minimum Gasteiger partial charge on any atom is -0.393 e. The summed E-state index contributed by atoms with van der Waals surface area (Å²) in [6.45, 7) is 10.5. The Balaban J connectivity index is 1.43. The molecule has 5 rings (SSSR count). The SMILES string of the molecule is CC1CCC(C(C)C2C(O)C[C@H]3[C@@H]4CC=C5CC(O)CC[C@]5(C)[C@@]4(O)CC[C@]23C)NC1. The fraction of sp³-hybridized carbons (Fsp3) is 0.926. The summed E-state index contributed by atoms with van der Waals surface area (Å²) in [6, 6.07) is 0.502. The highest BCUT2D eigenvalue weighted by Gasteiger charge is 2.67. The Morgan fingerprint density at radius 2 is 1.84 bits per heavy atom. The van der Waals surface area contributed by atoms with Crippen LogP contribution in [0.1, 0.15) is 85.5 Å². The molecule has 0 aromatic rings. The molecule has 6 unspecified atom stereocenters. The van der Waals surface area contributed by atoms with Crippen molar-refractivity contribution < 1.29 is 15.3 Å². The Morgan fingerprint density at radius 3 is 2.55 bits per heavy atom. The van der Waals surface area contributed by atoms with Gasteiger partial charge in [-0.2, -0.15) is 0 Å². The third-order valence-corrected chi connectivity index (χ3v) is 11.3. The van der Waals surface area contributed by atoms with Crippen molar-refractivity contribution in [2.75, 3.05) is 6.54 Å². The van der Waals surface area contributed by atoms with Crippen molar-refractivity contribution in [2.24, 2.45) is 40.4 Å². The normalized spacial score (nSPS) is 55.6. The van der Waals surface area contributed by atoms with Crippen LogP contribution in [-0.2, 0) is 0 Å². The third kappa shape index (κ3) is 3.15. The molecular weight excluding hydrogens is 386 g/mol. The van der Waals surface area contributed by atoms with Crippen molar-refractivity contribution in [1.82, 2.24) is 5.32 Å². The van der Waals surface area contributed by atoms with E-state index in [-0.39, 0.29) is 29.0 Å². The van der Waals surface area contributed by atoms with Crippen LogP contribution in [0.25, 0.3) is 0 Å². The largest absolute Gasteiger partial charge is 0.393 e. The number of aliphatic hydroxyl groups excluding tert-OH is 2. The maximum Gasteiger partial charge on any atom is 0.0772 e. The van der Waals surface area contributed by atoms with Crippen LogP contribution in [0.3, 0.4) is 0 Å². The maximum atomic E-state index is 12.3. The highest BCUT2D eigenvalue weighted by molar-refractivity contribution is 5.31. The monoisotopic (exact) mass is 431 g/mol. The van der Waals surface area contributed by atoms with E-state index in [1.165, 1.54) is 18.4 Å². The molecule has 0 aromatic carbocycles. The lowest BCUT2D eigenvalue weighted by Gasteiger charge is -2.63. The highest BCUT2D eigenvalue weighted by Crippen LogP contribution is 2.68. The molecule has 176 valence electrons. The third-order valence-electron chi connectivity index (χ3n) is 11.3. The quantitative estimate of drug-likeness (QED) is 0.498. The molecule has 11 atom stereocenters. The standard InChI is InChI=1S/C27H45NO3/c1-16-5-8-22(28-15-16)17(2)24-23(30)14-21-20-7-6-18-13-19(29)9-10-26(18,4)27(20,31)12-11-25(21,24)3/h6,16-17,19-24,28-31H,5,7-15H2,1-4H3/t16?,17?,19?,20-,21-,22?,23?,24?,25-,26-,27+/m0/s1. The van der Waals surface area contributed by atoms with E-state index in [0.717, 1.165) is 57.4 Å². The minimum absolute atomic E-state index is 0.0936. The van der Waals surface area contributed by atoms with E-state index in [1.54, 1.807) is 0 Å². The van der Waals surface area contributed by atoms with E-state index in [1.807, 2.05) is 0 Å². The molecule has 0 aromatic heterocycles.